The maximum atomic E-state index is 14.5. The number of hydrogen-bond acceptors (Lipinski definition) is 5. The number of rotatable bonds is 3. The number of methoxy groups -OCH3 is 1. The van der Waals surface area contributed by atoms with Crippen molar-refractivity contribution in [2.75, 3.05) is 18.6 Å². The van der Waals surface area contributed by atoms with Crippen molar-refractivity contribution >= 4 is 31.7 Å². The minimum atomic E-state index is -2.07. The number of ketones is 2. The van der Waals surface area contributed by atoms with Crippen LogP contribution in [0.3, 0.4) is 0 Å². The fourth-order valence-electron chi connectivity index (χ4n) is 6.91. The molecule has 6 nitrogen and oxygen atoms in total. The van der Waals surface area contributed by atoms with E-state index in [2.05, 4.69) is 33.9 Å². The van der Waals surface area contributed by atoms with Crippen molar-refractivity contribution in [3.8, 4) is 0 Å². The molecule has 1 aromatic carbocycles. The van der Waals surface area contributed by atoms with Gasteiger partial charge in [-0.2, -0.15) is 0 Å². The SMILES string of the molecule is COC(=O)N1c2ccccc2[C@@]23C(=O)C[C@H]4C[C@@](CO[Si](C)(C)C(C)(C)C)(CC[C@]412)C3=O. The van der Waals surface area contributed by atoms with Gasteiger partial charge in [-0.25, -0.2) is 4.79 Å². The molecule has 1 aliphatic heterocycles. The number of amides is 1. The van der Waals surface area contributed by atoms with E-state index < -0.39 is 30.8 Å². The molecular formula is C25H33NO5Si. The average Bonchev–Trinajstić information content (AvgIpc) is 3.12. The quantitative estimate of drug-likeness (QED) is 0.491. The van der Waals surface area contributed by atoms with Crippen LogP contribution in [0.5, 0.6) is 0 Å². The van der Waals surface area contributed by atoms with E-state index in [0.29, 0.717) is 43.5 Å². The van der Waals surface area contributed by atoms with Gasteiger partial charge in [0, 0.05) is 13.0 Å². The van der Waals surface area contributed by atoms with E-state index >= 15 is 0 Å². The Bertz CT molecular complexity index is 1050. The predicted octanol–water partition coefficient (Wildman–Crippen LogP) is 4.61. The van der Waals surface area contributed by atoms with Crippen molar-refractivity contribution in [2.24, 2.45) is 11.3 Å². The molecule has 4 saturated carbocycles. The topological polar surface area (TPSA) is 72.9 Å². The van der Waals surface area contributed by atoms with E-state index in [4.69, 9.17) is 9.16 Å². The van der Waals surface area contributed by atoms with Gasteiger partial charge >= 0.3 is 6.09 Å². The Balaban J connectivity index is 1.66. The van der Waals surface area contributed by atoms with Gasteiger partial charge in [0.2, 0.25) is 0 Å². The van der Waals surface area contributed by atoms with Crippen LogP contribution in [-0.4, -0.2) is 45.2 Å². The van der Waals surface area contributed by atoms with Crippen LogP contribution in [0.15, 0.2) is 24.3 Å². The Hall–Kier alpha value is -1.99. The zero-order valence-electron chi connectivity index (χ0n) is 19.9. The maximum Gasteiger partial charge on any atom is 0.414 e. The van der Waals surface area contributed by atoms with Crippen molar-refractivity contribution in [3.05, 3.63) is 29.8 Å². The lowest BCUT2D eigenvalue weighted by Crippen LogP contribution is -2.75. The fourth-order valence-corrected chi connectivity index (χ4v) is 7.98. The number of carbonyl (C=O) groups is 3. The molecule has 4 bridgehead atoms. The van der Waals surface area contributed by atoms with Gasteiger partial charge in [0.05, 0.1) is 23.8 Å². The third-order valence-corrected chi connectivity index (χ3v) is 13.9. The van der Waals surface area contributed by atoms with E-state index in [9.17, 15) is 14.4 Å². The summed E-state index contributed by atoms with van der Waals surface area (Å²) in [6, 6.07) is 7.42. The lowest BCUT2D eigenvalue weighted by Gasteiger charge is -2.60. The Morgan fingerprint density at radius 3 is 2.53 bits per heavy atom. The van der Waals surface area contributed by atoms with E-state index in [-0.39, 0.29) is 22.5 Å². The number of para-hydroxylation sites is 1. The Morgan fingerprint density at radius 2 is 1.88 bits per heavy atom. The summed E-state index contributed by atoms with van der Waals surface area (Å²) in [4.78, 5) is 43.0. The van der Waals surface area contributed by atoms with Crippen LogP contribution in [-0.2, 0) is 24.2 Å². The van der Waals surface area contributed by atoms with Gasteiger partial charge in [-0.05, 0) is 54.9 Å². The number of Topliss-reactive ketones (excluding diaryl/α,β-unsaturated/α-hetero) is 2. The van der Waals surface area contributed by atoms with Gasteiger partial charge in [0.15, 0.2) is 19.9 Å². The van der Waals surface area contributed by atoms with Crippen LogP contribution in [0.2, 0.25) is 18.1 Å². The third-order valence-electron chi connectivity index (χ3n) is 9.44. The summed E-state index contributed by atoms with van der Waals surface area (Å²) in [6.07, 6.45) is 1.68. The molecule has 1 heterocycles. The number of carbonyl (C=O) groups excluding carboxylic acids is 3. The first kappa shape index (κ1) is 21.8. The molecule has 5 aliphatic rings. The Morgan fingerprint density at radius 1 is 1.19 bits per heavy atom. The minimum absolute atomic E-state index is 0.0347. The highest BCUT2D eigenvalue weighted by Crippen LogP contribution is 2.73. The second kappa shape index (κ2) is 6.32. The zero-order valence-corrected chi connectivity index (χ0v) is 20.9. The summed E-state index contributed by atoms with van der Waals surface area (Å²) in [7, 11) is -0.711. The molecule has 6 rings (SSSR count). The Kier molecular flexibility index (Phi) is 4.31. The van der Waals surface area contributed by atoms with Crippen molar-refractivity contribution in [1.82, 2.24) is 0 Å². The van der Waals surface area contributed by atoms with Crippen molar-refractivity contribution < 1.29 is 23.5 Å². The number of nitrogens with zero attached hydrogens (tertiary/aromatic N) is 1. The van der Waals surface area contributed by atoms with Gasteiger partial charge in [0.25, 0.3) is 0 Å². The number of anilines is 1. The van der Waals surface area contributed by atoms with Crippen LogP contribution in [0.1, 0.15) is 52.0 Å². The van der Waals surface area contributed by atoms with E-state index in [1.165, 1.54) is 7.11 Å². The molecule has 0 aromatic heterocycles. The third kappa shape index (κ3) is 2.22. The summed E-state index contributed by atoms with van der Waals surface area (Å²) in [5, 5.41) is 0.0362. The molecule has 1 aromatic rings. The van der Waals surface area contributed by atoms with Gasteiger partial charge in [-0.3, -0.25) is 14.5 Å². The van der Waals surface area contributed by atoms with Crippen molar-refractivity contribution in [3.63, 3.8) is 0 Å². The predicted molar refractivity (Wildman–Crippen MR) is 123 cm³/mol. The van der Waals surface area contributed by atoms with E-state index in [1.807, 2.05) is 24.3 Å². The van der Waals surface area contributed by atoms with Gasteiger partial charge in [-0.15, -0.1) is 0 Å². The normalized spacial score (nSPS) is 35.2. The molecule has 0 radical (unpaired) electrons. The summed E-state index contributed by atoms with van der Waals surface area (Å²) >= 11 is 0. The molecule has 4 fully saturated rings. The summed E-state index contributed by atoms with van der Waals surface area (Å²) in [5.41, 5.74) is -1.49. The number of fused-ring (bicyclic) bond motifs is 2. The molecule has 1 spiro atoms. The maximum absolute atomic E-state index is 14.5. The molecular weight excluding hydrogens is 422 g/mol. The van der Waals surface area contributed by atoms with Crippen molar-refractivity contribution in [1.29, 1.82) is 0 Å². The first-order valence-electron chi connectivity index (χ1n) is 11.6. The molecule has 172 valence electrons. The first-order valence-corrected chi connectivity index (χ1v) is 14.5. The van der Waals surface area contributed by atoms with Crippen molar-refractivity contribution in [2.45, 2.75) is 75.5 Å². The number of benzene rings is 1. The van der Waals surface area contributed by atoms with Crippen LogP contribution in [0, 0.1) is 11.3 Å². The molecule has 4 aliphatic carbocycles. The average molecular weight is 456 g/mol. The minimum Gasteiger partial charge on any atom is -0.452 e. The molecule has 0 unspecified atom stereocenters. The van der Waals surface area contributed by atoms with Gasteiger partial charge < -0.3 is 9.16 Å². The number of ether oxygens (including phenoxy) is 1. The summed E-state index contributed by atoms with van der Waals surface area (Å²) in [5.74, 6) is -0.149. The lowest BCUT2D eigenvalue weighted by atomic mass is 9.45. The summed E-state index contributed by atoms with van der Waals surface area (Å²) in [6.45, 7) is 11.3. The highest BCUT2D eigenvalue weighted by Gasteiger charge is 2.84. The highest BCUT2D eigenvalue weighted by atomic mass is 28.4. The first-order chi connectivity index (χ1) is 14.9. The van der Waals surface area contributed by atoms with Crippen LogP contribution in [0.25, 0.3) is 0 Å². The smallest absolute Gasteiger partial charge is 0.414 e. The fraction of sp³-hybridized carbons (Fsp3) is 0.640. The summed E-state index contributed by atoms with van der Waals surface area (Å²) < 4.78 is 11.8. The molecule has 7 heteroatoms. The van der Waals surface area contributed by atoms with Gasteiger partial charge in [0.1, 0.15) is 5.41 Å². The molecule has 0 N–H and O–H groups in total. The lowest BCUT2D eigenvalue weighted by molar-refractivity contribution is -0.156. The van der Waals surface area contributed by atoms with E-state index in [0.717, 1.165) is 0 Å². The highest BCUT2D eigenvalue weighted by molar-refractivity contribution is 6.74. The number of hydrogen-bond donors (Lipinski definition) is 0. The zero-order chi connectivity index (χ0) is 23.3. The van der Waals surface area contributed by atoms with Crippen LogP contribution < -0.4 is 4.90 Å². The monoisotopic (exact) mass is 455 g/mol. The second-order valence-corrected chi connectivity index (χ2v) is 16.5. The van der Waals surface area contributed by atoms with E-state index in [1.54, 1.807) is 4.90 Å². The standard InChI is InChI=1S/C25H33NO5Si/c1-22(2,3)32(5,6)31-15-23-11-12-24-16(14-23)13-19(27)25(24,20(23)28)17-9-7-8-10-18(17)26(24)21(29)30-4/h7-10,16H,11-15H2,1-6H3/t16-,23+,24+,25-/m0/s1. The van der Waals surface area contributed by atoms with Crippen LogP contribution in [0.4, 0.5) is 10.5 Å². The molecule has 4 atom stereocenters. The largest absolute Gasteiger partial charge is 0.452 e. The second-order valence-electron chi connectivity index (χ2n) is 11.7. The molecule has 1 amide bonds. The van der Waals surface area contributed by atoms with Crippen LogP contribution >= 0.6 is 0 Å². The molecule has 0 saturated heterocycles. The molecule has 32 heavy (non-hydrogen) atoms. The Labute approximate surface area is 190 Å². The van der Waals surface area contributed by atoms with Gasteiger partial charge in [-0.1, -0.05) is 39.0 Å².